The predicted octanol–water partition coefficient (Wildman–Crippen LogP) is 9.64. The van der Waals surface area contributed by atoms with Crippen LogP contribution in [0.5, 0.6) is 23.0 Å². The van der Waals surface area contributed by atoms with Crippen LogP contribution in [0.1, 0.15) is 22.3 Å². The number of hydrogen-bond donors (Lipinski definition) is 0. The Labute approximate surface area is 465 Å². The number of imide groups is 4. The van der Waals surface area contributed by atoms with E-state index in [1.54, 1.807) is 103 Å². The molecule has 4 aromatic carbocycles. The van der Waals surface area contributed by atoms with Crippen molar-refractivity contribution in [2.24, 2.45) is 0 Å². The molecule has 8 amide bonds. The Kier molecular flexibility index (Phi) is 22.9. The SMILES string of the molecule is C=CCOc1cc(N2C(=O)C=CC2=O)c(CC=C)cc1CC=C.C=CCOc1cc(N2C(=O)C=CC2=O)ccc1CC=C.C=CCOc1ccc(CC=C)c(N2C(=O)C=CC2=O)c1.C=CCOc1cccc(N2C(=O)C=CC2=O)c1. The van der Waals surface area contributed by atoms with E-state index in [0.717, 1.165) is 41.9 Å². The van der Waals surface area contributed by atoms with E-state index >= 15 is 0 Å². The number of carbonyl (C=O) groups is 8. The van der Waals surface area contributed by atoms with Crippen molar-refractivity contribution in [3.63, 3.8) is 0 Å². The lowest BCUT2D eigenvalue weighted by molar-refractivity contribution is -0.121. The fourth-order valence-electron chi connectivity index (χ4n) is 7.86. The minimum Gasteiger partial charge on any atom is -0.489 e. The Balaban J connectivity index is 0.000000197. The molecule has 408 valence electrons. The quantitative estimate of drug-likeness (QED) is 0.0479. The second-order valence-electron chi connectivity index (χ2n) is 16.9. The molecule has 0 spiro atoms. The van der Waals surface area contributed by atoms with E-state index in [2.05, 4.69) is 52.6 Å². The van der Waals surface area contributed by atoms with Crippen LogP contribution >= 0.6 is 0 Å². The predicted molar refractivity (Wildman–Crippen MR) is 311 cm³/mol. The van der Waals surface area contributed by atoms with Crippen LogP contribution in [0.2, 0.25) is 0 Å². The number of allylic oxidation sites excluding steroid dienone is 4. The summed E-state index contributed by atoms with van der Waals surface area (Å²) in [5, 5.41) is 0. The van der Waals surface area contributed by atoms with Crippen LogP contribution in [-0.2, 0) is 64.0 Å². The molecule has 8 rings (SSSR count). The van der Waals surface area contributed by atoms with Crippen LogP contribution < -0.4 is 38.5 Å². The minimum absolute atomic E-state index is 0.337. The largest absolute Gasteiger partial charge is 0.489 e. The van der Waals surface area contributed by atoms with Crippen LogP contribution in [0.15, 0.2) is 223 Å². The van der Waals surface area contributed by atoms with E-state index in [1.807, 2.05) is 18.2 Å². The monoisotopic (exact) mass is 1080 g/mol. The van der Waals surface area contributed by atoms with Gasteiger partial charge < -0.3 is 18.9 Å². The van der Waals surface area contributed by atoms with E-state index in [1.165, 1.54) is 48.6 Å². The van der Waals surface area contributed by atoms with Gasteiger partial charge in [0.15, 0.2) is 0 Å². The molecule has 0 unspecified atom stereocenters. The molecule has 0 aromatic heterocycles. The van der Waals surface area contributed by atoms with Crippen molar-refractivity contribution in [2.45, 2.75) is 25.7 Å². The zero-order valence-corrected chi connectivity index (χ0v) is 44.2. The van der Waals surface area contributed by atoms with Gasteiger partial charge in [-0.15, -0.1) is 26.3 Å². The summed E-state index contributed by atoms with van der Waals surface area (Å²) in [6, 6.07) is 21.0. The highest BCUT2D eigenvalue weighted by Crippen LogP contribution is 2.34. The average Bonchev–Trinajstić information content (AvgIpc) is 4.20. The Morgan fingerprint density at radius 2 is 0.675 bits per heavy atom. The zero-order valence-electron chi connectivity index (χ0n) is 44.2. The summed E-state index contributed by atoms with van der Waals surface area (Å²) in [6.45, 7) is 30.7. The van der Waals surface area contributed by atoms with E-state index in [-0.39, 0.29) is 47.3 Å². The molecule has 0 atom stereocenters. The van der Waals surface area contributed by atoms with Gasteiger partial charge >= 0.3 is 0 Å². The lowest BCUT2D eigenvalue weighted by Gasteiger charge is -2.21. The molecule has 80 heavy (non-hydrogen) atoms. The third kappa shape index (κ3) is 15.8. The Morgan fingerprint density at radius 3 is 1.14 bits per heavy atom. The van der Waals surface area contributed by atoms with Gasteiger partial charge in [0, 0.05) is 72.9 Å². The topological polar surface area (TPSA) is 186 Å². The average molecular weight is 1080 g/mol. The maximum absolute atomic E-state index is 12.0. The van der Waals surface area contributed by atoms with Gasteiger partial charge in [0.25, 0.3) is 47.3 Å². The molecule has 0 fully saturated rings. The highest BCUT2D eigenvalue weighted by atomic mass is 16.5. The third-order valence-electron chi connectivity index (χ3n) is 11.3. The summed E-state index contributed by atoms with van der Waals surface area (Å²) in [7, 11) is 0. The summed E-state index contributed by atoms with van der Waals surface area (Å²) in [6.07, 6.45) is 26.0. The van der Waals surface area contributed by atoms with Crippen molar-refractivity contribution >= 4 is 70.0 Å². The van der Waals surface area contributed by atoms with E-state index in [9.17, 15) is 38.4 Å². The van der Waals surface area contributed by atoms with Crippen molar-refractivity contribution < 1.29 is 57.3 Å². The fraction of sp³-hybridized carbons (Fsp3) is 0.125. The van der Waals surface area contributed by atoms with Crippen LogP contribution in [0.4, 0.5) is 22.7 Å². The van der Waals surface area contributed by atoms with E-state index in [4.69, 9.17) is 18.9 Å². The Hall–Kier alpha value is -10.5. The number of rotatable bonds is 24. The molecular formula is C64H60N4O12. The van der Waals surface area contributed by atoms with Gasteiger partial charge in [0.05, 0.1) is 22.7 Å². The third-order valence-corrected chi connectivity index (χ3v) is 11.3. The molecule has 16 nitrogen and oxygen atoms in total. The summed E-state index contributed by atoms with van der Waals surface area (Å²) in [4.78, 5) is 98.4. The second-order valence-corrected chi connectivity index (χ2v) is 16.9. The van der Waals surface area contributed by atoms with Gasteiger partial charge in [0.2, 0.25) is 0 Å². The second kappa shape index (κ2) is 30.3. The zero-order chi connectivity index (χ0) is 58.1. The Morgan fingerprint density at radius 1 is 0.312 bits per heavy atom. The number of hydrogen-bond acceptors (Lipinski definition) is 12. The fourth-order valence-corrected chi connectivity index (χ4v) is 7.86. The standard InChI is InChI=1S/C19H19NO3.2C16H15NO3.C13H11NO3/c1-4-7-14-12-15(8-5-2)17(23-11-6-3)13-16(14)20-18(21)9-10-19(20)22;1-3-5-12-6-7-13(20-10-4-2)11-14(12)17-15(18)8-9-16(17)19;1-3-5-12-6-7-13(11-14(12)20-10-4-2)17-15(18)8-9-16(17)19;1-2-8-17-11-5-3-4-10(9-11)14-12(15)6-7-13(14)16/h4-6,9-10,12-13H,1-3,7-8,11H2;2*3-4,6-9,11H,1-2,5,10H2;2-7,9H,1,8H2. The van der Waals surface area contributed by atoms with Crippen LogP contribution in [-0.4, -0.2) is 73.7 Å². The highest BCUT2D eigenvalue weighted by Gasteiger charge is 2.30. The highest BCUT2D eigenvalue weighted by molar-refractivity contribution is 6.30. The molecule has 4 aliphatic rings. The van der Waals surface area contributed by atoms with Gasteiger partial charge in [0.1, 0.15) is 49.4 Å². The molecule has 4 aliphatic heterocycles. The molecule has 0 saturated heterocycles. The van der Waals surface area contributed by atoms with Crippen LogP contribution in [0.3, 0.4) is 0 Å². The lowest BCUT2D eigenvalue weighted by atomic mass is 10.0. The van der Waals surface area contributed by atoms with Gasteiger partial charge in [-0.05, 0) is 78.3 Å². The maximum atomic E-state index is 12.0. The van der Waals surface area contributed by atoms with E-state index < -0.39 is 0 Å². The smallest absolute Gasteiger partial charge is 0.258 e. The summed E-state index contributed by atoms with van der Waals surface area (Å²) < 4.78 is 22.0. The van der Waals surface area contributed by atoms with Gasteiger partial charge in [-0.25, -0.2) is 19.6 Å². The molecule has 4 aromatic rings. The normalized spacial score (nSPS) is 13.7. The first kappa shape index (κ1) is 60.4. The maximum Gasteiger partial charge on any atom is 0.258 e. The molecule has 4 heterocycles. The van der Waals surface area contributed by atoms with Crippen molar-refractivity contribution in [1.82, 2.24) is 0 Å². The minimum atomic E-state index is -0.355. The number of ether oxygens (including phenoxy) is 4. The molecule has 0 N–H and O–H groups in total. The number of benzene rings is 4. The van der Waals surface area contributed by atoms with E-state index in [0.29, 0.717) is 97.9 Å². The number of carbonyl (C=O) groups excluding carboxylic acids is 8. The summed E-state index contributed by atoms with van der Waals surface area (Å²) in [5.74, 6) is -0.362. The summed E-state index contributed by atoms with van der Waals surface area (Å²) in [5.41, 5.74) is 5.63. The van der Waals surface area contributed by atoms with Crippen molar-refractivity contribution in [1.29, 1.82) is 0 Å². The van der Waals surface area contributed by atoms with Crippen LogP contribution in [0, 0.1) is 0 Å². The lowest BCUT2D eigenvalue weighted by Crippen LogP contribution is -2.30. The van der Waals surface area contributed by atoms with Gasteiger partial charge in [-0.3, -0.25) is 38.4 Å². The first-order chi connectivity index (χ1) is 38.7. The number of anilines is 4. The molecule has 0 saturated carbocycles. The number of amides is 8. The summed E-state index contributed by atoms with van der Waals surface area (Å²) >= 11 is 0. The number of nitrogens with zero attached hydrogens (tertiary/aromatic N) is 4. The first-order valence-corrected chi connectivity index (χ1v) is 24.8. The molecule has 0 radical (unpaired) electrons. The Bertz CT molecular complexity index is 3190. The molecular weight excluding hydrogens is 1020 g/mol. The van der Waals surface area contributed by atoms with Crippen molar-refractivity contribution in [3.8, 4) is 23.0 Å². The van der Waals surface area contributed by atoms with Crippen LogP contribution in [0.25, 0.3) is 0 Å². The molecule has 16 heteroatoms. The molecule has 0 bridgehead atoms. The van der Waals surface area contributed by atoms with Gasteiger partial charge in [-0.2, -0.15) is 0 Å². The first-order valence-electron chi connectivity index (χ1n) is 24.8. The van der Waals surface area contributed by atoms with Crippen molar-refractivity contribution in [3.05, 3.63) is 245 Å². The molecule has 0 aliphatic carbocycles. The van der Waals surface area contributed by atoms with Gasteiger partial charge in [-0.1, -0.05) is 93.1 Å². The van der Waals surface area contributed by atoms with Crippen molar-refractivity contribution in [2.75, 3.05) is 46.0 Å².